The summed E-state index contributed by atoms with van der Waals surface area (Å²) in [5.41, 5.74) is 0. The van der Waals surface area contributed by atoms with Gasteiger partial charge in [0.1, 0.15) is 6.10 Å². The molecule has 2 atom stereocenters. The lowest BCUT2D eigenvalue weighted by atomic mass is 10.0. The molecule has 0 radical (unpaired) electrons. The SMILES string of the molecule is OC1CNCC(O)(O)C1O. The topological polar surface area (TPSA) is 93.0 Å². The van der Waals surface area contributed by atoms with Crippen molar-refractivity contribution in [1.29, 1.82) is 0 Å². The number of hydrogen-bond donors (Lipinski definition) is 5. The maximum Gasteiger partial charge on any atom is 0.205 e. The second kappa shape index (κ2) is 2.44. The first-order valence-corrected chi connectivity index (χ1v) is 3.05. The predicted octanol–water partition coefficient (Wildman–Crippen LogP) is -3.01. The summed E-state index contributed by atoms with van der Waals surface area (Å²) in [4.78, 5) is 0. The average molecular weight is 149 g/mol. The number of β-amino-alcohol motifs (C(OH)–C–C–N with tert-alkyl or cyclic N) is 3. The molecule has 1 fully saturated rings. The van der Waals surface area contributed by atoms with E-state index in [1.807, 2.05) is 0 Å². The van der Waals surface area contributed by atoms with Crippen LogP contribution >= 0.6 is 0 Å². The van der Waals surface area contributed by atoms with E-state index in [-0.39, 0.29) is 13.1 Å². The maximum absolute atomic E-state index is 8.92. The fourth-order valence-corrected chi connectivity index (χ4v) is 0.928. The second-order valence-electron chi connectivity index (χ2n) is 2.52. The molecular formula is C5H11NO4. The van der Waals surface area contributed by atoms with Gasteiger partial charge in [0, 0.05) is 6.54 Å². The molecular weight excluding hydrogens is 138 g/mol. The lowest BCUT2D eigenvalue weighted by Gasteiger charge is -2.35. The molecule has 0 spiro atoms. The molecule has 0 aromatic heterocycles. The van der Waals surface area contributed by atoms with Gasteiger partial charge in [0.2, 0.25) is 5.79 Å². The monoisotopic (exact) mass is 149 g/mol. The Morgan fingerprint density at radius 3 is 2.30 bits per heavy atom. The van der Waals surface area contributed by atoms with Crippen LogP contribution in [0.1, 0.15) is 0 Å². The highest BCUT2D eigenvalue weighted by atomic mass is 16.5. The number of aliphatic hydroxyl groups is 4. The van der Waals surface area contributed by atoms with Crippen molar-refractivity contribution in [1.82, 2.24) is 5.32 Å². The van der Waals surface area contributed by atoms with Gasteiger partial charge in [-0.3, -0.25) is 0 Å². The van der Waals surface area contributed by atoms with E-state index in [1.54, 1.807) is 0 Å². The zero-order chi connectivity index (χ0) is 7.78. The summed E-state index contributed by atoms with van der Waals surface area (Å²) in [6, 6.07) is 0. The largest absolute Gasteiger partial charge is 0.389 e. The molecule has 2 unspecified atom stereocenters. The molecule has 1 heterocycles. The van der Waals surface area contributed by atoms with Gasteiger partial charge in [0.05, 0.1) is 12.6 Å². The summed E-state index contributed by atoms with van der Waals surface area (Å²) >= 11 is 0. The molecule has 0 aliphatic carbocycles. The van der Waals surface area contributed by atoms with Gasteiger partial charge >= 0.3 is 0 Å². The van der Waals surface area contributed by atoms with Gasteiger partial charge in [-0.05, 0) is 0 Å². The summed E-state index contributed by atoms with van der Waals surface area (Å²) < 4.78 is 0. The fourth-order valence-electron chi connectivity index (χ4n) is 0.928. The van der Waals surface area contributed by atoms with E-state index in [9.17, 15) is 0 Å². The van der Waals surface area contributed by atoms with Crippen molar-refractivity contribution in [2.75, 3.05) is 13.1 Å². The Bertz CT molecular complexity index is 127. The van der Waals surface area contributed by atoms with E-state index in [4.69, 9.17) is 20.4 Å². The molecule has 1 aliphatic rings. The van der Waals surface area contributed by atoms with Crippen LogP contribution in [-0.2, 0) is 0 Å². The first-order chi connectivity index (χ1) is 4.54. The number of nitrogens with one attached hydrogen (secondary N) is 1. The van der Waals surface area contributed by atoms with E-state index < -0.39 is 18.0 Å². The van der Waals surface area contributed by atoms with Gasteiger partial charge in [-0.2, -0.15) is 0 Å². The molecule has 60 valence electrons. The van der Waals surface area contributed by atoms with Gasteiger partial charge in [-0.25, -0.2) is 0 Å². The van der Waals surface area contributed by atoms with Crippen LogP contribution in [0.5, 0.6) is 0 Å². The van der Waals surface area contributed by atoms with Crippen molar-refractivity contribution in [2.45, 2.75) is 18.0 Å². The molecule has 5 heteroatoms. The Morgan fingerprint density at radius 2 is 1.90 bits per heavy atom. The van der Waals surface area contributed by atoms with E-state index in [0.29, 0.717) is 0 Å². The molecule has 1 rings (SSSR count). The van der Waals surface area contributed by atoms with Crippen LogP contribution in [0, 0.1) is 0 Å². The fraction of sp³-hybridized carbons (Fsp3) is 1.00. The Hall–Kier alpha value is -0.200. The minimum Gasteiger partial charge on any atom is -0.389 e. The molecule has 0 amide bonds. The van der Waals surface area contributed by atoms with Crippen LogP contribution in [0.15, 0.2) is 0 Å². The lowest BCUT2D eigenvalue weighted by Crippen LogP contribution is -2.62. The number of aliphatic hydroxyl groups excluding tert-OH is 2. The Balaban J connectivity index is 2.60. The van der Waals surface area contributed by atoms with Crippen LogP contribution < -0.4 is 5.32 Å². The van der Waals surface area contributed by atoms with Crippen LogP contribution in [-0.4, -0.2) is 51.5 Å². The van der Waals surface area contributed by atoms with Crippen molar-refractivity contribution in [3.63, 3.8) is 0 Å². The van der Waals surface area contributed by atoms with Gasteiger partial charge in [0.15, 0.2) is 0 Å². The highest BCUT2D eigenvalue weighted by molar-refractivity contribution is 4.89. The van der Waals surface area contributed by atoms with Crippen LogP contribution in [0.25, 0.3) is 0 Å². The zero-order valence-electron chi connectivity index (χ0n) is 5.36. The highest BCUT2D eigenvalue weighted by Gasteiger charge is 2.41. The smallest absolute Gasteiger partial charge is 0.205 e. The first kappa shape index (κ1) is 7.90. The van der Waals surface area contributed by atoms with E-state index in [2.05, 4.69) is 5.32 Å². The minimum absolute atomic E-state index is 0.120. The van der Waals surface area contributed by atoms with Gasteiger partial charge in [0.25, 0.3) is 0 Å². The number of piperidine rings is 1. The summed E-state index contributed by atoms with van der Waals surface area (Å²) in [6.45, 7) is 0.0647. The normalized spacial score (nSPS) is 39.6. The van der Waals surface area contributed by atoms with Crippen LogP contribution in [0.4, 0.5) is 0 Å². The molecule has 0 aromatic rings. The van der Waals surface area contributed by atoms with Crippen LogP contribution in [0.2, 0.25) is 0 Å². The predicted molar refractivity (Wildman–Crippen MR) is 32.1 cm³/mol. The average Bonchev–Trinajstić information content (AvgIpc) is 1.83. The van der Waals surface area contributed by atoms with Gasteiger partial charge in [-0.1, -0.05) is 0 Å². The Morgan fingerprint density at radius 1 is 1.30 bits per heavy atom. The molecule has 1 saturated heterocycles. The molecule has 0 saturated carbocycles. The van der Waals surface area contributed by atoms with Gasteiger partial charge in [-0.15, -0.1) is 0 Å². The number of rotatable bonds is 0. The third kappa shape index (κ3) is 1.28. The number of hydrogen-bond acceptors (Lipinski definition) is 5. The molecule has 0 aromatic carbocycles. The molecule has 1 aliphatic heterocycles. The van der Waals surface area contributed by atoms with E-state index >= 15 is 0 Å². The molecule has 5 N–H and O–H groups in total. The minimum atomic E-state index is -2.20. The first-order valence-electron chi connectivity index (χ1n) is 3.05. The Kier molecular flexibility index (Phi) is 1.93. The summed E-state index contributed by atoms with van der Waals surface area (Å²) in [5.74, 6) is -2.20. The lowest BCUT2D eigenvalue weighted by molar-refractivity contribution is -0.255. The third-order valence-corrected chi connectivity index (χ3v) is 1.58. The summed E-state index contributed by atoms with van der Waals surface area (Å²) in [6.07, 6.45) is -2.59. The van der Waals surface area contributed by atoms with Crippen molar-refractivity contribution in [3.8, 4) is 0 Å². The second-order valence-corrected chi connectivity index (χ2v) is 2.52. The van der Waals surface area contributed by atoms with Crippen molar-refractivity contribution in [2.24, 2.45) is 0 Å². The standard InChI is InChI=1S/C5H11NO4/c7-3-1-6-2-5(9,10)4(3)8/h3-4,6-10H,1-2H2. The van der Waals surface area contributed by atoms with Crippen molar-refractivity contribution in [3.05, 3.63) is 0 Å². The van der Waals surface area contributed by atoms with Crippen molar-refractivity contribution >= 4 is 0 Å². The highest BCUT2D eigenvalue weighted by Crippen LogP contribution is 2.12. The van der Waals surface area contributed by atoms with Crippen molar-refractivity contribution < 1.29 is 20.4 Å². The molecule has 0 bridgehead atoms. The van der Waals surface area contributed by atoms with Crippen LogP contribution in [0.3, 0.4) is 0 Å². The maximum atomic E-state index is 8.92. The van der Waals surface area contributed by atoms with E-state index in [1.165, 1.54) is 0 Å². The Labute approximate surface area is 57.9 Å². The summed E-state index contributed by atoms with van der Waals surface area (Å²) in [5, 5.41) is 38.1. The zero-order valence-corrected chi connectivity index (χ0v) is 5.36. The van der Waals surface area contributed by atoms with Gasteiger partial charge < -0.3 is 25.7 Å². The third-order valence-electron chi connectivity index (χ3n) is 1.58. The molecule has 10 heavy (non-hydrogen) atoms. The van der Waals surface area contributed by atoms with E-state index in [0.717, 1.165) is 0 Å². The molecule has 5 nitrogen and oxygen atoms in total. The quantitative estimate of drug-likeness (QED) is 0.237. The summed E-state index contributed by atoms with van der Waals surface area (Å²) in [7, 11) is 0.